The molecule has 0 radical (unpaired) electrons. The molecule has 0 spiro atoms. The molecule has 1 saturated heterocycles. The van der Waals surface area contributed by atoms with Gasteiger partial charge in [-0.2, -0.15) is 12.6 Å². The molecule has 170 valence electrons. The van der Waals surface area contributed by atoms with Gasteiger partial charge < -0.3 is 4.74 Å². The van der Waals surface area contributed by atoms with E-state index in [1.165, 1.54) is 30.6 Å². The van der Waals surface area contributed by atoms with Gasteiger partial charge >= 0.3 is 0 Å². The molecule has 0 N–H and O–H groups in total. The zero-order valence-electron chi connectivity index (χ0n) is 19.8. The number of thiol groups is 1. The number of ketones is 1. The van der Waals surface area contributed by atoms with Gasteiger partial charge in [0.15, 0.2) is 0 Å². The van der Waals surface area contributed by atoms with Gasteiger partial charge in [-0.1, -0.05) is 67.2 Å². The van der Waals surface area contributed by atoms with E-state index >= 15 is 0 Å². The second-order valence-corrected chi connectivity index (χ2v) is 9.84. The van der Waals surface area contributed by atoms with Crippen molar-refractivity contribution in [1.82, 2.24) is 4.90 Å². The fourth-order valence-electron chi connectivity index (χ4n) is 2.83. The van der Waals surface area contributed by atoms with Gasteiger partial charge in [-0.3, -0.25) is 19.3 Å². The van der Waals surface area contributed by atoms with E-state index in [0.29, 0.717) is 19.6 Å². The van der Waals surface area contributed by atoms with Crippen LogP contribution in [0.1, 0.15) is 93.9 Å². The van der Waals surface area contributed by atoms with Crippen molar-refractivity contribution < 1.29 is 19.1 Å². The molecule has 6 heteroatoms. The topological polar surface area (TPSA) is 63.7 Å². The molecule has 2 amide bonds. The van der Waals surface area contributed by atoms with E-state index in [-0.39, 0.29) is 29.9 Å². The van der Waals surface area contributed by atoms with Crippen molar-refractivity contribution >= 4 is 30.2 Å². The number of rotatable bonds is 8. The molecule has 1 unspecified atom stereocenters. The summed E-state index contributed by atoms with van der Waals surface area (Å²) in [6.07, 6.45) is 6.69. The molecule has 0 aromatic heterocycles. The van der Waals surface area contributed by atoms with Gasteiger partial charge in [-0.05, 0) is 20.3 Å². The number of hydrogen-bond donors (Lipinski definition) is 1. The molecule has 2 aliphatic rings. The van der Waals surface area contributed by atoms with Crippen LogP contribution in [0.15, 0.2) is 0 Å². The highest BCUT2D eigenvalue weighted by Crippen LogP contribution is 2.27. The number of nitrogens with zero attached hydrogens (tertiary/aromatic N) is 1. The van der Waals surface area contributed by atoms with E-state index < -0.39 is 16.3 Å². The Hall–Kier alpha value is -0.880. The summed E-state index contributed by atoms with van der Waals surface area (Å²) in [6.45, 7) is 16.0. The van der Waals surface area contributed by atoms with Crippen LogP contribution in [0.2, 0.25) is 0 Å². The van der Waals surface area contributed by atoms with E-state index in [9.17, 15) is 14.4 Å². The lowest BCUT2D eigenvalue weighted by atomic mass is 9.83. The smallest absolute Gasteiger partial charge is 0.242 e. The van der Waals surface area contributed by atoms with Crippen molar-refractivity contribution in [3.05, 3.63) is 0 Å². The average molecular weight is 430 g/mol. The molecule has 29 heavy (non-hydrogen) atoms. The molecule has 2 fully saturated rings. The number of likely N-dealkylation sites (tertiary alicyclic amines) is 1. The maximum atomic E-state index is 12.2. The summed E-state index contributed by atoms with van der Waals surface area (Å²) in [6, 6.07) is 0. The standard InChI is InChI=1S/C17H29NO4S.C4H8.C2H6/c1-11(2)14(20)16(3,4)10-22-17(5,6)7-8-18-13(19)9-12(23)15(18)21;1-2-4-3-1;1-2/h11-12,23H,7-10H2,1-6H3;1-4H2;1-2H3. The monoisotopic (exact) mass is 429 g/mol. The van der Waals surface area contributed by atoms with Crippen molar-refractivity contribution in [3.63, 3.8) is 0 Å². The van der Waals surface area contributed by atoms with Gasteiger partial charge in [-0.25, -0.2) is 0 Å². The predicted molar refractivity (Wildman–Crippen MR) is 122 cm³/mol. The fourth-order valence-corrected chi connectivity index (χ4v) is 3.13. The van der Waals surface area contributed by atoms with Crippen LogP contribution in [0.25, 0.3) is 0 Å². The predicted octanol–water partition coefficient (Wildman–Crippen LogP) is 5.07. The van der Waals surface area contributed by atoms with Crippen molar-refractivity contribution in [1.29, 1.82) is 0 Å². The first-order valence-corrected chi connectivity index (χ1v) is 11.6. The molecule has 0 aromatic rings. The second kappa shape index (κ2) is 12.7. The lowest BCUT2D eigenvalue weighted by Crippen LogP contribution is -2.40. The number of amides is 2. The lowest BCUT2D eigenvalue weighted by Gasteiger charge is -2.32. The van der Waals surface area contributed by atoms with Gasteiger partial charge in [-0.15, -0.1) is 0 Å². The van der Waals surface area contributed by atoms with Gasteiger partial charge in [0.2, 0.25) is 11.8 Å². The summed E-state index contributed by atoms with van der Waals surface area (Å²) in [5.41, 5.74) is -1.08. The molecule has 1 heterocycles. The average Bonchev–Trinajstić information content (AvgIpc) is 2.83. The molecule has 2 rings (SSSR count). The molecular weight excluding hydrogens is 386 g/mol. The van der Waals surface area contributed by atoms with E-state index in [0.717, 1.165) is 0 Å². The van der Waals surface area contributed by atoms with Crippen molar-refractivity contribution in [2.24, 2.45) is 11.3 Å². The van der Waals surface area contributed by atoms with Crippen molar-refractivity contribution in [3.8, 4) is 0 Å². The number of hydrogen-bond acceptors (Lipinski definition) is 5. The van der Waals surface area contributed by atoms with E-state index in [1.54, 1.807) is 0 Å². The third-order valence-corrected chi connectivity index (χ3v) is 5.58. The van der Waals surface area contributed by atoms with Crippen LogP contribution in [-0.2, 0) is 19.1 Å². The van der Waals surface area contributed by atoms with Crippen LogP contribution in [0.5, 0.6) is 0 Å². The zero-order valence-corrected chi connectivity index (χ0v) is 20.7. The first-order chi connectivity index (χ1) is 13.4. The normalized spacial score (nSPS) is 19.2. The lowest BCUT2D eigenvalue weighted by molar-refractivity contribution is -0.140. The molecule has 1 saturated carbocycles. The van der Waals surface area contributed by atoms with Gasteiger partial charge in [0, 0.05) is 24.3 Å². The fraction of sp³-hybridized carbons (Fsp3) is 0.870. The molecule has 1 aliphatic carbocycles. The Bertz CT molecular complexity index is 535. The maximum absolute atomic E-state index is 12.2. The van der Waals surface area contributed by atoms with Crippen LogP contribution >= 0.6 is 12.6 Å². The number of carbonyl (C=O) groups is 3. The highest BCUT2D eigenvalue weighted by atomic mass is 32.1. The summed E-state index contributed by atoms with van der Waals surface area (Å²) < 4.78 is 5.93. The zero-order chi connectivity index (χ0) is 22.8. The van der Waals surface area contributed by atoms with Crippen molar-refractivity contribution in [2.75, 3.05) is 13.2 Å². The molecule has 1 atom stereocenters. The minimum Gasteiger partial charge on any atom is -0.374 e. The third kappa shape index (κ3) is 9.65. The Balaban J connectivity index is 0.00000113. The first-order valence-electron chi connectivity index (χ1n) is 11.1. The minimum atomic E-state index is -0.555. The number of carbonyl (C=O) groups excluding carboxylic acids is 3. The van der Waals surface area contributed by atoms with Crippen LogP contribution in [0, 0.1) is 11.3 Å². The highest BCUT2D eigenvalue weighted by Gasteiger charge is 2.38. The Morgan fingerprint density at radius 2 is 1.59 bits per heavy atom. The maximum Gasteiger partial charge on any atom is 0.242 e. The van der Waals surface area contributed by atoms with E-state index in [2.05, 4.69) is 12.6 Å². The summed E-state index contributed by atoms with van der Waals surface area (Å²) in [7, 11) is 0. The molecule has 0 bridgehead atoms. The summed E-state index contributed by atoms with van der Waals surface area (Å²) in [5, 5.41) is -0.519. The quantitative estimate of drug-likeness (QED) is 0.432. The van der Waals surface area contributed by atoms with Gasteiger partial charge in [0.25, 0.3) is 0 Å². The third-order valence-electron chi connectivity index (χ3n) is 5.17. The van der Waals surface area contributed by atoms with Crippen molar-refractivity contribution in [2.45, 2.75) is 105 Å². The second-order valence-electron chi connectivity index (χ2n) is 9.22. The molecule has 1 aliphatic heterocycles. The first kappa shape index (κ1) is 28.1. The molecule has 0 aromatic carbocycles. The molecule has 5 nitrogen and oxygen atoms in total. The molecular formula is C23H43NO4S. The highest BCUT2D eigenvalue weighted by molar-refractivity contribution is 7.81. The summed E-state index contributed by atoms with van der Waals surface area (Å²) >= 11 is 4.11. The van der Waals surface area contributed by atoms with Crippen LogP contribution in [0.3, 0.4) is 0 Å². The van der Waals surface area contributed by atoms with Gasteiger partial charge in [0.1, 0.15) is 5.78 Å². The van der Waals surface area contributed by atoms with Crippen LogP contribution in [-0.4, -0.2) is 46.5 Å². The Morgan fingerprint density at radius 3 is 1.93 bits per heavy atom. The van der Waals surface area contributed by atoms with Crippen LogP contribution in [0.4, 0.5) is 0 Å². The van der Waals surface area contributed by atoms with Gasteiger partial charge in [0.05, 0.1) is 17.5 Å². The Kier molecular flexibility index (Phi) is 12.3. The number of imide groups is 1. The minimum absolute atomic E-state index is 0.0381. The summed E-state index contributed by atoms with van der Waals surface area (Å²) in [5.74, 6) is -0.287. The largest absolute Gasteiger partial charge is 0.374 e. The van der Waals surface area contributed by atoms with Crippen LogP contribution < -0.4 is 0 Å². The van der Waals surface area contributed by atoms with E-state index in [1.807, 2.05) is 55.4 Å². The summed E-state index contributed by atoms with van der Waals surface area (Å²) in [4.78, 5) is 37.1. The Labute approximate surface area is 183 Å². The number of Topliss-reactive ketones (excluding diaryl/α,β-unsaturated/α-hetero) is 1. The van der Waals surface area contributed by atoms with E-state index in [4.69, 9.17) is 4.74 Å². The SMILES string of the molecule is C1CCC1.CC.CC(C)C(=O)C(C)(C)COC(C)(C)CCN1C(=O)CC(S)C1=O. The Morgan fingerprint density at radius 1 is 1.10 bits per heavy atom. The number of ether oxygens (including phenoxy) is 1.